The van der Waals surface area contributed by atoms with E-state index in [0.29, 0.717) is 6.54 Å². The minimum Gasteiger partial charge on any atom is -0.337 e. The Morgan fingerprint density at radius 3 is 2.82 bits per heavy atom. The lowest BCUT2D eigenvalue weighted by Crippen LogP contribution is -2.38. The molecule has 0 atom stereocenters. The van der Waals surface area contributed by atoms with Crippen LogP contribution in [0.25, 0.3) is 10.2 Å². The van der Waals surface area contributed by atoms with E-state index in [2.05, 4.69) is 35.5 Å². The number of carbonyl (C=O) groups excluding carboxylic acids is 1. The van der Waals surface area contributed by atoms with Crippen LogP contribution in [0.2, 0.25) is 0 Å². The first-order chi connectivity index (χ1) is 13.6. The number of aromatic nitrogens is 3. The molecule has 0 N–H and O–H groups in total. The fourth-order valence-electron chi connectivity index (χ4n) is 4.17. The molecule has 0 spiro atoms. The number of nitrogens with zero attached hydrogens (tertiary/aromatic N) is 4. The molecule has 1 amide bonds. The van der Waals surface area contributed by atoms with E-state index in [4.69, 9.17) is 4.98 Å². The zero-order valence-corrected chi connectivity index (χ0v) is 17.5. The number of imidazole rings is 1. The van der Waals surface area contributed by atoms with Crippen molar-refractivity contribution in [2.75, 3.05) is 11.4 Å². The van der Waals surface area contributed by atoms with Gasteiger partial charge in [0.05, 0.1) is 16.5 Å². The van der Waals surface area contributed by atoms with Crippen LogP contribution in [0.1, 0.15) is 49.7 Å². The molecule has 1 fully saturated rings. The average molecular weight is 397 g/mol. The quantitative estimate of drug-likeness (QED) is 0.581. The first kappa shape index (κ1) is 19.1. The maximum absolute atomic E-state index is 13.4. The van der Waals surface area contributed by atoms with Gasteiger partial charge in [0.15, 0.2) is 5.13 Å². The van der Waals surface area contributed by atoms with Crippen LogP contribution in [0.15, 0.2) is 30.9 Å². The van der Waals surface area contributed by atoms with E-state index in [1.807, 2.05) is 17.4 Å². The summed E-state index contributed by atoms with van der Waals surface area (Å²) in [6.07, 6.45) is 12.1. The predicted octanol–water partition coefficient (Wildman–Crippen LogP) is 5.11. The van der Waals surface area contributed by atoms with Crippen molar-refractivity contribution >= 4 is 32.6 Å². The number of benzene rings is 1. The minimum absolute atomic E-state index is 0.150. The maximum Gasteiger partial charge on any atom is 0.231 e. The van der Waals surface area contributed by atoms with Gasteiger partial charge in [0.1, 0.15) is 0 Å². The van der Waals surface area contributed by atoms with E-state index in [9.17, 15) is 4.79 Å². The van der Waals surface area contributed by atoms with Gasteiger partial charge in [0, 0.05) is 31.4 Å². The molecule has 1 aliphatic rings. The predicted molar refractivity (Wildman–Crippen MR) is 115 cm³/mol. The van der Waals surface area contributed by atoms with E-state index in [1.165, 1.54) is 22.2 Å². The molecule has 1 aliphatic carbocycles. The standard InChI is InChI=1S/C22H28N4OS/c1-16-13-17(2)20-19(14-16)28-22(24-20)26(11-6-10-25-12-9-23-15-25)21(27)18-7-4-3-5-8-18/h9,12-15,18H,3-8,10-11H2,1-2H3. The third kappa shape index (κ3) is 4.12. The van der Waals surface area contributed by atoms with E-state index in [1.54, 1.807) is 17.5 Å². The Kier molecular flexibility index (Phi) is 5.76. The largest absolute Gasteiger partial charge is 0.337 e. The molecular weight excluding hydrogens is 368 g/mol. The van der Waals surface area contributed by atoms with E-state index < -0.39 is 0 Å². The van der Waals surface area contributed by atoms with Gasteiger partial charge in [-0.1, -0.05) is 36.7 Å². The topological polar surface area (TPSA) is 51.0 Å². The lowest BCUT2D eigenvalue weighted by Gasteiger charge is -2.27. The summed E-state index contributed by atoms with van der Waals surface area (Å²) in [6.45, 7) is 5.77. The van der Waals surface area contributed by atoms with Crippen molar-refractivity contribution in [1.29, 1.82) is 0 Å². The molecular formula is C22H28N4OS. The van der Waals surface area contributed by atoms with E-state index in [-0.39, 0.29) is 11.8 Å². The molecule has 2 heterocycles. The second-order valence-electron chi connectivity index (χ2n) is 7.90. The highest BCUT2D eigenvalue weighted by Crippen LogP contribution is 2.34. The van der Waals surface area contributed by atoms with Crippen molar-refractivity contribution in [2.24, 2.45) is 5.92 Å². The molecule has 1 aromatic carbocycles. The van der Waals surface area contributed by atoms with Crippen molar-refractivity contribution in [2.45, 2.75) is 58.9 Å². The third-order valence-electron chi connectivity index (χ3n) is 5.63. The molecule has 0 radical (unpaired) electrons. The third-order valence-corrected chi connectivity index (χ3v) is 6.65. The fourth-order valence-corrected chi connectivity index (χ4v) is 5.35. The Bertz CT molecular complexity index is 941. The molecule has 0 unspecified atom stereocenters. The molecule has 2 aromatic heterocycles. The number of carbonyl (C=O) groups is 1. The van der Waals surface area contributed by atoms with Crippen LogP contribution in [0.3, 0.4) is 0 Å². The Labute approximate surface area is 170 Å². The first-order valence-electron chi connectivity index (χ1n) is 10.3. The second kappa shape index (κ2) is 8.43. The van der Waals surface area contributed by atoms with Crippen molar-refractivity contribution in [3.63, 3.8) is 0 Å². The summed E-state index contributed by atoms with van der Waals surface area (Å²) in [6, 6.07) is 4.34. The molecule has 4 rings (SSSR count). The highest BCUT2D eigenvalue weighted by atomic mass is 32.1. The SMILES string of the molecule is Cc1cc(C)c2nc(N(CCCn3ccnc3)C(=O)C3CCCCC3)sc2c1. The zero-order chi connectivity index (χ0) is 19.5. The average Bonchev–Trinajstić information content (AvgIpc) is 3.35. The molecule has 0 aliphatic heterocycles. The molecule has 1 saturated carbocycles. The number of hydrogen-bond donors (Lipinski definition) is 0. The van der Waals surface area contributed by atoms with Gasteiger partial charge < -0.3 is 4.57 Å². The summed E-state index contributed by atoms with van der Waals surface area (Å²) < 4.78 is 3.23. The van der Waals surface area contributed by atoms with Gasteiger partial charge in [-0.3, -0.25) is 9.69 Å². The number of amides is 1. The van der Waals surface area contributed by atoms with Gasteiger partial charge in [-0.05, 0) is 50.3 Å². The number of rotatable bonds is 6. The lowest BCUT2D eigenvalue weighted by atomic mass is 9.88. The molecule has 28 heavy (non-hydrogen) atoms. The molecule has 6 heteroatoms. The van der Waals surface area contributed by atoms with Crippen LogP contribution < -0.4 is 4.90 Å². The van der Waals surface area contributed by atoms with Crippen LogP contribution in [-0.2, 0) is 11.3 Å². The van der Waals surface area contributed by atoms with Crippen LogP contribution >= 0.6 is 11.3 Å². The Morgan fingerprint density at radius 1 is 1.25 bits per heavy atom. The van der Waals surface area contributed by atoms with Gasteiger partial charge in [-0.15, -0.1) is 0 Å². The van der Waals surface area contributed by atoms with Crippen LogP contribution in [0.4, 0.5) is 5.13 Å². The van der Waals surface area contributed by atoms with Crippen LogP contribution in [0, 0.1) is 19.8 Å². The zero-order valence-electron chi connectivity index (χ0n) is 16.7. The molecule has 148 valence electrons. The van der Waals surface area contributed by atoms with Gasteiger partial charge in [0.25, 0.3) is 0 Å². The fraction of sp³-hybridized carbons (Fsp3) is 0.500. The van der Waals surface area contributed by atoms with Gasteiger partial charge in [0.2, 0.25) is 5.91 Å². The Morgan fingerprint density at radius 2 is 2.07 bits per heavy atom. The summed E-state index contributed by atoms with van der Waals surface area (Å²) in [5.41, 5.74) is 3.45. The van der Waals surface area contributed by atoms with E-state index >= 15 is 0 Å². The van der Waals surface area contributed by atoms with Gasteiger partial charge >= 0.3 is 0 Å². The summed E-state index contributed by atoms with van der Waals surface area (Å²) in [7, 11) is 0. The minimum atomic E-state index is 0.150. The van der Waals surface area contributed by atoms with E-state index in [0.717, 1.165) is 49.3 Å². The number of anilines is 1. The maximum atomic E-state index is 13.4. The normalized spacial score (nSPS) is 15.2. The molecule has 3 aromatic rings. The lowest BCUT2D eigenvalue weighted by molar-refractivity contribution is -0.123. The van der Waals surface area contributed by atoms with Crippen molar-refractivity contribution in [1.82, 2.24) is 14.5 Å². The number of aryl methyl sites for hydroxylation is 3. The van der Waals surface area contributed by atoms with Crippen LogP contribution in [-0.4, -0.2) is 27.0 Å². The molecule has 0 saturated heterocycles. The smallest absolute Gasteiger partial charge is 0.231 e. The van der Waals surface area contributed by atoms with Crippen molar-refractivity contribution in [3.05, 3.63) is 42.0 Å². The highest BCUT2D eigenvalue weighted by Gasteiger charge is 2.28. The first-order valence-corrected chi connectivity index (χ1v) is 11.1. The second-order valence-corrected chi connectivity index (χ2v) is 8.91. The summed E-state index contributed by atoms with van der Waals surface area (Å²) >= 11 is 1.65. The molecule has 0 bridgehead atoms. The monoisotopic (exact) mass is 396 g/mol. The Balaban J connectivity index is 1.59. The number of fused-ring (bicyclic) bond motifs is 1. The number of hydrogen-bond acceptors (Lipinski definition) is 4. The van der Waals surface area contributed by atoms with Crippen LogP contribution in [0.5, 0.6) is 0 Å². The van der Waals surface area contributed by atoms with Gasteiger partial charge in [-0.2, -0.15) is 0 Å². The van der Waals surface area contributed by atoms with Gasteiger partial charge in [-0.25, -0.2) is 9.97 Å². The Hall–Kier alpha value is -2.21. The highest BCUT2D eigenvalue weighted by molar-refractivity contribution is 7.22. The molecule has 5 nitrogen and oxygen atoms in total. The summed E-state index contributed by atoms with van der Waals surface area (Å²) in [5.74, 6) is 0.413. The summed E-state index contributed by atoms with van der Waals surface area (Å²) in [5, 5.41) is 0.852. The summed E-state index contributed by atoms with van der Waals surface area (Å²) in [4.78, 5) is 24.4. The van der Waals surface area contributed by atoms with Crippen molar-refractivity contribution in [3.8, 4) is 0 Å². The number of thiazole rings is 1. The van der Waals surface area contributed by atoms with Crippen molar-refractivity contribution < 1.29 is 4.79 Å².